The number of carboxylic acid groups (broad SMARTS) is 1. The number of aromatic nitrogens is 2. The molecule has 0 spiro atoms. The van der Waals surface area contributed by atoms with Crippen LogP contribution in [0.2, 0.25) is 0 Å². The van der Waals surface area contributed by atoms with E-state index in [2.05, 4.69) is 11.2 Å². The van der Waals surface area contributed by atoms with Gasteiger partial charge in [0.2, 0.25) is 0 Å². The quantitative estimate of drug-likeness (QED) is 0.560. The Bertz CT molecular complexity index is 1290. The van der Waals surface area contributed by atoms with Gasteiger partial charge in [0.15, 0.2) is 0 Å². The number of aliphatic hydroxyl groups is 1. The van der Waals surface area contributed by atoms with Crippen molar-refractivity contribution in [3.05, 3.63) is 71.3 Å². The molecule has 4 rings (SSSR count). The van der Waals surface area contributed by atoms with E-state index in [0.29, 0.717) is 48.6 Å². The van der Waals surface area contributed by atoms with E-state index in [1.165, 1.54) is 41.2 Å². The molecule has 1 aliphatic heterocycles. The van der Waals surface area contributed by atoms with Gasteiger partial charge in [-0.1, -0.05) is 0 Å². The van der Waals surface area contributed by atoms with Crippen LogP contribution in [0.1, 0.15) is 34.5 Å². The summed E-state index contributed by atoms with van der Waals surface area (Å²) in [7, 11) is 0. The van der Waals surface area contributed by atoms with E-state index in [9.17, 15) is 29.5 Å². The van der Waals surface area contributed by atoms with Crippen molar-refractivity contribution in [2.75, 3.05) is 29.4 Å². The fourth-order valence-corrected chi connectivity index (χ4v) is 4.12. The molecule has 1 saturated heterocycles. The van der Waals surface area contributed by atoms with E-state index in [4.69, 9.17) is 0 Å². The Morgan fingerprint density at radius 3 is 2.51 bits per heavy atom. The third-order valence-corrected chi connectivity index (χ3v) is 5.98. The van der Waals surface area contributed by atoms with Crippen molar-refractivity contribution < 1.29 is 24.2 Å². The normalized spacial score (nSPS) is 13.9. The summed E-state index contributed by atoms with van der Waals surface area (Å²) < 4.78 is 14.7. The average molecular weight is 477 g/mol. The molecule has 2 aromatic carbocycles. The van der Waals surface area contributed by atoms with Gasteiger partial charge in [0.1, 0.15) is 18.4 Å². The van der Waals surface area contributed by atoms with Crippen molar-refractivity contribution >= 4 is 23.3 Å². The van der Waals surface area contributed by atoms with Gasteiger partial charge in [-0.25, -0.2) is 9.07 Å². The van der Waals surface area contributed by atoms with Crippen LogP contribution in [-0.2, 0) is 4.79 Å². The number of carbonyl (C=O) groups is 2. The number of piperidine rings is 1. The van der Waals surface area contributed by atoms with Gasteiger partial charge in [0.05, 0.1) is 34.3 Å². The van der Waals surface area contributed by atoms with Crippen LogP contribution in [0.15, 0.2) is 48.7 Å². The van der Waals surface area contributed by atoms with Gasteiger partial charge in [-0.2, -0.15) is 10.4 Å². The largest absolute Gasteiger partial charge is 0.480 e. The number of aliphatic hydroxyl groups excluding tert-OH is 1. The van der Waals surface area contributed by atoms with Crippen molar-refractivity contribution in [1.82, 2.24) is 9.78 Å². The zero-order valence-electron chi connectivity index (χ0n) is 19.1. The van der Waals surface area contributed by atoms with Crippen molar-refractivity contribution in [3.8, 4) is 11.8 Å². The zero-order valence-corrected chi connectivity index (χ0v) is 19.1. The maximum absolute atomic E-state index is 13.5. The fourth-order valence-electron chi connectivity index (χ4n) is 4.12. The number of aliphatic carboxylic acids is 1. The number of aryl methyl sites for hydroxylation is 1. The van der Waals surface area contributed by atoms with E-state index in [-0.39, 0.29) is 17.4 Å². The summed E-state index contributed by atoms with van der Waals surface area (Å²) in [5.74, 6) is -2.20. The second-order valence-electron chi connectivity index (χ2n) is 8.37. The van der Waals surface area contributed by atoms with Crippen LogP contribution in [0, 0.1) is 24.1 Å². The number of anilines is 2. The number of amides is 1. The number of carboxylic acids is 1. The SMILES string of the molecule is Cc1nn(-c2ccc(F)cc2)cc1C(=O)N(CC(=O)O)c1ccc(N2CCC(O)CC2)c(C#N)c1. The molecule has 35 heavy (non-hydrogen) atoms. The highest BCUT2D eigenvalue weighted by Gasteiger charge is 2.26. The Labute approximate surface area is 201 Å². The Hall–Kier alpha value is -4.23. The first-order chi connectivity index (χ1) is 16.8. The standard InChI is InChI=1S/C25H24FN5O4/c1-16-22(14-31(28-16)19-4-2-18(26)3-5-19)25(35)30(15-24(33)34)20-6-7-23(17(12-20)13-27)29-10-8-21(32)9-11-29/h2-7,12,14,21,32H,8-11,15H2,1H3,(H,33,34). The number of hydrogen-bond acceptors (Lipinski definition) is 6. The van der Waals surface area contributed by atoms with Gasteiger partial charge in [-0.3, -0.25) is 14.5 Å². The third-order valence-electron chi connectivity index (χ3n) is 5.98. The number of carbonyl (C=O) groups excluding carboxylic acids is 1. The zero-order chi connectivity index (χ0) is 25.1. The lowest BCUT2D eigenvalue weighted by Crippen LogP contribution is -2.37. The van der Waals surface area contributed by atoms with Crippen LogP contribution in [0.5, 0.6) is 0 Å². The van der Waals surface area contributed by atoms with Gasteiger partial charge in [0, 0.05) is 25.0 Å². The van der Waals surface area contributed by atoms with Gasteiger partial charge < -0.3 is 15.1 Å². The van der Waals surface area contributed by atoms with E-state index < -0.39 is 24.2 Å². The predicted octanol–water partition coefficient (Wildman–Crippen LogP) is 2.88. The maximum atomic E-state index is 13.5. The molecular formula is C25H24FN5O4. The lowest BCUT2D eigenvalue weighted by molar-refractivity contribution is -0.135. The Morgan fingerprint density at radius 2 is 1.89 bits per heavy atom. The molecule has 1 fully saturated rings. The minimum atomic E-state index is -1.21. The fraction of sp³-hybridized carbons (Fsp3) is 0.280. The summed E-state index contributed by atoms with van der Waals surface area (Å²) >= 11 is 0. The second kappa shape index (κ2) is 9.95. The highest BCUT2D eigenvalue weighted by Crippen LogP contribution is 2.29. The summed E-state index contributed by atoms with van der Waals surface area (Å²) in [6.45, 7) is 2.20. The number of rotatable bonds is 6. The summed E-state index contributed by atoms with van der Waals surface area (Å²) in [6.07, 6.45) is 2.29. The Balaban J connectivity index is 1.67. The molecule has 0 saturated carbocycles. The summed E-state index contributed by atoms with van der Waals surface area (Å²) in [4.78, 5) is 28.2. The molecule has 0 unspecified atom stereocenters. The first-order valence-electron chi connectivity index (χ1n) is 11.1. The van der Waals surface area contributed by atoms with E-state index in [1.54, 1.807) is 19.1 Å². The number of hydrogen-bond donors (Lipinski definition) is 2. The highest BCUT2D eigenvalue weighted by atomic mass is 19.1. The molecular weight excluding hydrogens is 453 g/mol. The Morgan fingerprint density at radius 1 is 1.20 bits per heavy atom. The monoisotopic (exact) mass is 477 g/mol. The van der Waals surface area contributed by atoms with Crippen molar-refractivity contribution in [3.63, 3.8) is 0 Å². The van der Waals surface area contributed by atoms with Gasteiger partial charge >= 0.3 is 5.97 Å². The summed E-state index contributed by atoms with van der Waals surface area (Å²) in [6, 6.07) is 12.5. The van der Waals surface area contributed by atoms with Crippen LogP contribution in [0.4, 0.5) is 15.8 Å². The topological polar surface area (TPSA) is 123 Å². The predicted molar refractivity (Wildman–Crippen MR) is 126 cm³/mol. The van der Waals surface area contributed by atoms with Crippen LogP contribution >= 0.6 is 0 Å². The van der Waals surface area contributed by atoms with Crippen LogP contribution in [0.25, 0.3) is 5.69 Å². The minimum absolute atomic E-state index is 0.183. The molecule has 3 aromatic rings. The molecule has 1 aliphatic rings. The number of nitrogens with zero attached hydrogens (tertiary/aromatic N) is 5. The molecule has 2 N–H and O–H groups in total. The minimum Gasteiger partial charge on any atom is -0.480 e. The van der Waals surface area contributed by atoms with Crippen molar-refractivity contribution in [2.45, 2.75) is 25.9 Å². The molecule has 2 heterocycles. The van der Waals surface area contributed by atoms with E-state index >= 15 is 0 Å². The molecule has 1 amide bonds. The smallest absolute Gasteiger partial charge is 0.323 e. The molecule has 0 atom stereocenters. The molecule has 0 bridgehead atoms. The number of halogens is 1. The maximum Gasteiger partial charge on any atom is 0.323 e. The van der Waals surface area contributed by atoms with Crippen LogP contribution < -0.4 is 9.80 Å². The lowest BCUT2D eigenvalue weighted by atomic mass is 10.0. The highest BCUT2D eigenvalue weighted by molar-refractivity contribution is 6.09. The van der Waals surface area contributed by atoms with Gasteiger partial charge in [0.25, 0.3) is 5.91 Å². The van der Waals surface area contributed by atoms with Crippen LogP contribution in [0.3, 0.4) is 0 Å². The third kappa shape index (κ3) is 5.15. The molecule has 1 aromatic heterocycles. The summed E-state index contributed by atoms with van der Waals surface area (Å²) in [5.41, 5.74) is 2.35. The first-order valence-corrected chi connectivity index (χ1v) is 11.1. The van der Waals surface area contributed by atoms with E-state index in [1.807, 2.05) is 4.90 Å². The van der Waals surface area contributed by atoms with Gasteiger partial charge in [-0.05, 0) is 62.2 Å². The second-order valence-corrected chi connectivity index (χ2v) is 8.37. The van der Waals surface area contributed by atoms with Crippen molar-refractivity contribution in [2.24, 2.45) is 0 Å². The molecule has 9 nitrogen and oxygen atoms in total. The summed E-state index contributed by atoms with van der Waals surface area (Å²) in [5, 5.41) is 33.3. The molecule has 180 valence electrons. The number of nitriles is 1. The van der Waals surface area contributed by atoms with E-state index in [0.717, 1.165) is 4.90 Å². The lowest BCUT2D eigenvalue weighted by Gasteiger charge is -2.32. The molecule has 0 aliphatic carbocycles. The van der Waals surface area contributed by atoms with Crippen LogP contribution in [-0.4, -0.2) is 57.6 Å². The van der Waals surface area contributed by atoms with Crippen molar-refractivity contribution in [1.29, 1.82) is 5.26 Å². The first kappa shape index (κ1) is 23.9. The Kier molecular flexibility index (Phi) is 6.80. The van der Waals surface area contributed by atoms with Gasteiger partial charge in [-0.15, -0.1) is 0 Å². The average Bonchev–Trinajstić information content (AvgIpc) is 3.24. The molecule has 10 heteroatoms. The molecule has 0 radical (unpaired) electrons. The number of benzene rings is 2.